The summed E-state index contributed by atoms with van der Waals surface area (Å²) in [6, 6.07) is 2.00. The molecule has 1 aromatic carbocycles. The summed E-state index contributed by atoms with van der Waals surface area (Å²) in [6.45, 7) is 3.93. The molecule has 0 heterocycles. The van der Waals surface area contributed by atoms with E-state index in [1.807, 2.05) is 19.9 Å². The second-order valence-electron chi connectivity index (χ2n) is 5.32. The molecule has 0 amide bonds. The first-order valence-corrected chi connectivity index (χ1v) is 8.02. The van der Waals surface area contributed by atoms with Gasteiger partial charge in [-0.1, -0.05) is 25.7 Å². The van der Waals surface area contributed by atoms with Gasteiger partial charge in [-0.25, -0.2) is 0 Å². The van der Waals surface area contributed by atoms with E-state index < -0.39 is 0 Å². The van der Waals surface area contributed by atoms with Gasteiger partial charge in [0, 0.05) is 5.52 Å². The Morgan fingerprint density at radius 1 is 1.10 bits per heavy atom. The van der Waals surface area contributed by atoms with E-state index in [1.165, 1.54) is 12.8 Å². The molecule has 1 saturated carbocycles. The molecule has 0 radical (unpaired) electrons. The molecule has 0 saturated heterocycles. The van der Waals surface area contributed by atoms with Crippen LogP contribution in [0.3, 0.4) is 0 Å². The summed E-state index contributed by atoms with van der Waals surface area (Å²) < 4.78 is 10.9. The summed E-state index contributed by atoms with van der Waals surface area (Å²) in [7, 11) is 4.11. The van der Waals surface area contributed by atoms with E-state index in [0.29, 0.717) is 22.7 Å². The molecule has 1 aliphatic rings. The van der Waals surface area contributed by atoms with Crippen molar-refractivity contribution in [2.45, 2.75) is 45.2 Å². The van der Waals surface area contributed by atoms with E-state index in [2.05, 4.69) is 0 Å². The third-order valence-corrected chi connectivity index (χ3v) is 5.19. The van der Waals surface area contributed by atoms with Crippen LogP contribution in [0.25, 0.3) is 0 Å². The van der Waals surface area contributed by atoms with E-state index in [1.54, 1.807) is 14.2 Å². The Morgan fingerprint density at radius 2 is 1.57 bits per heavy atom. The summed E-state index contributed by atoms with van der Waals surface area (Å²) >= 11 is 0. The minimum Gasteiger partial charge on any atom is -0.496 e. The van der Waals surface area contributed by atoms with Crippen molar-refractivity contribution < 1.29 is 33.1 Å². The minimum atomic E-state index is 0. The largest absolute Gasteiger partial charge is 1.00 e. The van der Waals surface area contributed by atoms with Crippen LogP contribution in [-0.4, -0.2) is 25.4 Å². The molecule has 5 heteroatoms. The Hall–Kier alpha value is -0.483. The molecule has 0 aromatic heterocycles. The Labute approximate surface area is 141 Å². The number of ether oxygens (including phenoxy) is 2. The number of hydrogen-bond donors (Lipinski definition) is 0. The van der Waals surface area contributed by atoms with Gasteiger partial charge in [0.25, 0.3) is 0 Å². The molecule has 0 aliphatic heterocycles. The number of carbonyl (C=O) groups excluding carboxylic acids is 1. The van der Waals surface area contributed by atoms with Crippen molar-refractivity contribution in [3.8, 4) is 11.5 Å². The zero-order chi connectivity index (χ0) is 14.7. The van der Waals surface area contributed by atoms with Gasteiger partial charge in [0.1, 0.15) is 11.5 Å². The maximum atomic E-state index is 12.7. The molecule has 0 unspecified atom stereocenters. The Bertz CT molecular complexity index is 482. The zero-order valence-electron chi connectivity index (χ0n) is 13.7. The van der Waals surface area contributed by atoms with Crippen LogP contribution in [0.15, 0.2) is 6.07 Å². The monoisotopic (exact) mass is 300 g/mol. The van der Waals surface area contributed by atoms with Gasteiger partial charge in [0.15, 0.2) is 0 Å². The van der Waals surface area contributed by atoms with Gasteiger partial charge in [-0.15, -0.1) is 0 Å². The van der Waals surface area contributed by atoms with E-state index in [9.17, 15) is 4.79 Å². The van der Waals surface area contributed by atoms with Gasteiger partial charge in [0.05, 0.1) is 19.8 Å². The van der Waals surface area contributed by atoms with Crippen molar-refractivity contribution in [3.05, 3.63) is 22.8 Å². The van der Waals surface area contributed by atoms with E-state index in [0.717, 1.165) is 32.5 Å². The number of rotatable bonds is 5. The number of aryl methyl sites for hydroxylation is 2. The first-order chi connectivity index (χ1) is 9.58. The second kappa shape index (κ2) is 8.23. The predicted octanol–water partition coefficient (Wildman–Crippen LogP) is 1.35. The van der Waals surface area contributed by atoms with Gasteiger partial charge in [-0.05, 0) is 31.0 Å². The van der Waals surface area contributed by atoms with E-state index in [-0.39, 0.29) is 24.4 Å². The maximum Gasteiger partial charge on any atom is 1.00 e. The molecule has 0 N–H and O–H groups in total. The third kappa shape index (κ3) is 4.04. The van der Waals surface area contributed by atoms with Crippen LogP contribution in [0, 0.1) is 13.8 Å². The molecule has 0 bridgehead atoms. The molecule has 0 atom stereocenters. The summed E-state index contributed by atoms with van der Waals surface area (Å²) in [5, 5.41) is 0. The van der Waals surface area contributed by atoms with Crippen LogP contribution < -0.4 is 28.3 Å². The van der Waals surface area contributed by atoms with Crippen molar-refractivity contribution in [1.29, 1.82) is 0 Å². The number of benzene rings is 1. The van der Waals surface area contributed by atoms with Crippen LogP contribution in [0.5, 0.6) is 11.5 Å². The molecular weight excluding hydrogens is 278 g/mol. The van der Waals surface area contributed by atoms with Crippen LogP contribution >= 0.6 is 8.58 Å². The van der Waals surface area contributed by atoms with Crippen LogP contribution in [-0.2, 0) is 0 Å². The predicted molar refractivity (Wildman–Crippen MR) is 82.5 cm³/mol. The number of methoxy groups -OCH3 is 2. The van der Waals surface area contributed by atoms with Gasteiger partial charge in [-0.2, -0.15) is 5.66 Å². The van der Waals surface area contributed by atoms with Gasteiger partial charge < -0.3 is 22.8 Å². The van der Waals surface area contributed by atoms with Crippen molar-refractivity contribution in [1.82, 2.24) is 0 Å². The zero-order valence-corrected chi connectivity index (χ0v) is 14.5. The fraction of sp³-hybridized carbons (Fsp3) is 0.562. The quantitative estimate of drug-likeness (QED) is 0.608. The normalized spacial score (nSPS) is 15.2. The summed E-state index contributed by atoms with van der Waals surface area (Å²) in [5.74, 6) is 1.31. The Morgan fingerprint density at radius 3 is 2.00 bits per heavy atom. The molecule has 0 spiro atoms. The number of hydrogen-bond acceptors (Lipinski definition) is 3. The van der Waals surface area contributed by atoms with Gasteiger partial charge in [-0.3, -0.25) is 0 Å². The van der Waals surface area contributed by atoms with Crippen LogP contribution in [0.2, 0.25) is 0 Å². The van der Waals surface area contributed by atoms with Crippen molar-refractivity contribution >= 4 is 14.1 Å². The average Bonchev–Trinajstić information content (AvgIpc) is 2.90. The van der Waals surface area contributed by atoms with Crippen LogP contribution in [0.4, 0.5) is 0 Å². The van der Waals surface area contributed by atoms with Gasteiger partial charge >= 0.3 is 18.9 Å². The van der Waals surface area contributed by atoms with E-state index >= 15 is 0 Å². The standard InChI is InChI=1S/C16H22O3P.Li/c1-10-9-11(2)15(19-4)13(14(10)18-3)16(17)20-12-7-5-6-8-12;/h9,12H,5-8H2,1-4H3;/q-1;+1. The van der Waals surface area contributed by atoms with E-state index in [4.69, 9.17) is 9.47 Å². The summed E-state index contributed by atoms with van der Waals surface area (Å²) in [4.78, 5) is 12.7. The Balaban J connectivity index is 0.00000220. The molecule has 2 rings (SSSR count). The second-order valence-corrected chi connectivity index (χ2v) is 6.72. The fourth-order valence-corrected chi connectivity index (χ4v) is 4.22. The fourth-order valence-electron chi connectivity index (χ4n) is 2.94. The van der Waals surface area contributed by atoms with Crippen molar-refractivity contribution in [2.24, 2.45) is 0 Å². The van der Waals surface area contributed by atoms with Crippen molar-refractivity contribution in [2.75, 3.05) is 14.2 Å². The molecule has 21 heavy (non-hydrogen) atoms. The average molecular weight is 300 g/mol. The molecule has 1 fully saturated rings. The third-order valence-electron chi connectivity index (χ3n) is 3.85. The molecular formula is C16H22LiO3P. The van der Waals surface area contributed by atoms with Crippen LogP contribution in [0.1, 0.15) is 47.2 Å². The number of carbonyl (C=O) groups is 1. The first-order valence-electron chi connectivity index (χ1n) is 7.05. The Kier molecular flexibility index (Phi) is 7.28. The smallest absolute Gasteiger partial charge is 0.496 e. The molecule has 1 aromatic rings. The minimum absolute atomic E-state index is 0. The summed E-state index contributed by atoms with van der Waals surface area (Å²) in [6.07, 6.45) is 4.80. The SMILES string of the molecule is COc1c(C)cc(C)c(OC)c1C(=O)[P-]C1CCCC1.[Li+]. The topological polar surface area (TPSA) is 35.5 Å². The maximum absolute atomic E-state index is 12.7. The first kappa shape index (κ1) is 18.6. The molecule has 3 nitrogen and oxygen atoms in total. The van der Waals surface area contributed by atoms with Crippen molar-refractivity contribution in [3.63, 3.8) is 0 Å². The molecule has 110 valence electrons. The summed E-state index contributed by atoms with van der Waals surface area (Å²) in [5.41, 5.74) is 3.20. The molecule has 1 aliphatic carbocycles. The van der Waals surface area contributed by atoms with Gasteiger partial charge in [0.2, 0.25) is 0 Å².